The van der Waals surface area contributed by atoms with Gasteiger partial charge in [-0.25, -0.2) is 9.97 Å². The number of hydrogen-bond donors (Lipinski definition) is 1. The molecule has 1 fully saturated rings. The molecule has 1 atom stereocenters. The summed E-state index contributed by atoms with van der Waals surface area (Å²) in [6.07, 6.45) is 4.23. The van der Waals surface area contributed by atoms with E-state index in [4.69, 9.17) is 19.2 Å². The van der Waals surface area contributed by atoms with Crippen molar-refractivity contribution in [1.82, 2.24) is 24.7 Å². The van der Waals surface area contributed by atoms with Crippen LogP contribution in [0.15, 0.2) is 47.3 Å². The average molecular weight is 321 g/mol. The van der Waals surface area contributed by atoms with Gasteiger partial charge in [0.25, 0.3) is 0 Å². The van der Waals surface area contributed by atoms with E-state index in [0.717, 1.165) is 35.4 Å². The maximum Gasteiger partial charge on any atom is 0.231 e. The molecular formula is C17H15N5O2. The van der Waals surface area contributed by atoms with Crippen molar-refractivity contribution in [2.45, 2.75) is 12.3 Å². The van der Waals surface area contributed by atoms with Gasteiger partial charge in [-0.1, -0.05) is 12.1 Å². The summed E-state index contributed by atoms with van der Waals surface area (Å²) in [4.78, 5) is 12.7. The summed E-state index contributed by atoms with van der Waals surface area (Å²) >= 11 is 0. The molecule has 7 heteroatoms. The van der Waals surface area contributed by atoms with Gasteiger partial charge >= 0.3 is 0 Å². The van der Waals surface area contributed by atoms with Crippen molar-refractivity contribution in [3.05, 3.63) is 48.7 Å². The van der Waals surface area contributed by atoms with Crippen molar-refractivity contribution < 1.29 is 9.15 Å². The third kappa shape index (κ3) is 2.13. The van der Waals surface area contributed by atoms with E-state index in [1.165, 1.54) is 0 Å². The maximum atomic E-state index is 5.47. The summed E-state index contributed by atoms with van der Waals surface area (Å²) in [5, 5.41) is 4.70. The fourth-order valence-corrected chi connectivity index (χ4v) is 3.00. The lowest BCUT2D eigenvalue weighted by molar-refractivity contribution is 0.193. The Morgan fingerprint density at radius 2 is 2.12 bits per heavy atom. The van der Waals surface area contributed by atoms with E-state index >= 15 is 0 Å². The highest BCUT2D eigenvalue weighted by molar-refractivity contribution is 5.76. The minimum atomic E-state index is 0.223. The van der Waals surface area contributed by atoms with Crippen LogP contribution in [0, 0.1) is 0 Å². The molecule has 120 valence electrons. The standard InChI is InChI=1S/C17H15N5O2/c1-2-4-14-13(3-1)18-17(19-14)22-16(12-6-8-24-10-12)20-15(21-22)11-5-7-23-9-11/h1-4,6,8,10-11H,5,7,9H2,(H,18,19)/t11-/m1/s1. The number of nitrogens with one attached hydrogen (secondary N) is 1. The third-order valence-corrected chi connectivity index (χ3v) is 4.28. The maximum absolute atomic E-state index is 5.47. The number of H-pyrrole nitrogens is 1. The number of aromatic nitrogens is 5. The highest BCUT2D eigenvalue weighted by Gasteiger charge is 2.25. The monoisotopic (exact) mass is 321 g/mol. The van der Waals surface area contributed by atoms with Gasteiger partial charge in [0.2, 0.25) is 5.95 Å². The Morgan fingerprint density at radius 3 is 2.92 bits per heavy atom. The topological polar surface area (TPSA) is 81.8 Å². The molecule has 0 saturated carbocycles. The number of ether oxygens (including phenoxy) is 1. The number of furan rings is 1. The number of nitrogens with zero attached hydrogens (tertiary/aromatic N) is 4. The molecule has 1 aliphatic heterocycles. The summed E-state index contributed by atoms with van der Waals surface area (Å²) < 4.78 is 12.4. The molecule has 0 unspecified atom stereocenters. The van der Waals surface area contributed by atoms with E-state index in [0.29, 0.717) is 18.4 Å². The first-order valence-electron chi connectivity index (χ1n) is 7.91. The zero-order chi connectivity index (χ0) is 15.9. The van der Waals surface area contributed by atoms with Gasteiger partial charge in [0.15, 0.2) is 11.6 Å². The molecule has 4 heterocycles. The molecule has 1 aliphatic rings. The predicted molar refractivity (Wildman–Crippen MR) is 86.9 cm³/mol. The van der Waals surface area contributed by atoms with Gasteiger partial charge in [-0.3, -0.25) is 0 Å². The van der Waals surface area contributed by atoms with Gasteiger partial charge in [0, 0.05) is 12.5 Å². The number of benzene rings is 1. The van der Waals surface area contributed by atoms with Crippen molar-refractivity contribution in [1.29, 1.82) is 0 Å². The summed E-state index contributed by atoms with van der Waals surface area (Å²) in [6.45, 7) is 1.42. The number of imidazole rings is 1. The van der Waals surface area contributed by atoms with Crippen LogP contribution in [0.2, 0.25) is 0 Å². The highest BCUT2D eigenvalue weighted by Crippen LogP contribution is 2.27. The quantitative estimate of drug-likeness (QED) is 0.627. The first kappa shape index (κ1) is 13.5. The Hall–Kier alpha value is -2.93. The molecule has 7 nitrogen and oxygen atoms in total. The van der Waals surface area contributed by atoms with E-state index < -0.39 is 0 Å². The van der Waals surface area contributed by atoms with Crippen LogP contribution in [0.4, 0.5) is 0 Å². The van der Waals surface area contributed by atoms with E-state index in [1.54, 1.807) is 17.2 Å². The van der Waals surface area contributed by atoms with E-state index in [-0.39, 0.29) is 5.92 Å². The molecule has 4 aromatic rings. The number of fused-ring (bicyclic) bond motifs is 1. The average Bonchev–Trinajstić information content (AvgIpc) is 3.40. The number of aromatic amines is 1. The molecule has 5 rings (SSSR count). The lowest BCUT2D eigenvalue weighted by Gasteiger charge is -2.00. The van der Waals surface area contributed by atoms with Gasteiger partial charge < -0.3 is 14.1 Å². The predicted octanol–water partition coefficient (Wildman–Crippen LogP) is 2.91. The Labute approximate surface area is 137 Å². The van der Waals surface area contributed by atoms with Crippen LogP contribution >= 0.6 is 0 Å². The number of hydrogen-bond acceptors (Lipinski definition) is 5. The van der Waals surface area contributed by atoms with Crippen molar-refractivity contribution in [2.24, 2.45) is 0 Å². The summed E-state index contributed by atoms with van der Waals surface area (Å²) in [5.41, 5.74) is 2.73. The second-order valence-electron chi connectivity index (χ2n) is 5.86. The first-order valence-corrected chi connectivity index (χ1v) is 7.91. The first-order chi connectivity index (χ1) is 11.9. The van der Waals surface area contributed by atoms with Crippen LogP contribution in [-0.2, 0) is 4.74 Å². The van der Waals surface area contributed by atoms with Gasteiger partial charge in [-0.05, 0) is 24.6 Å². The molecule has 1 N–H and O–H groups in total. The minimum absolute atomic E-state index is 0.223. The number of rotatable bonds is 3. The van der Waals surface area contributed by atoms with Gasteiger partial charge in [0.1, 0.15) is 6.26 Å². The summed E-state index contributed by atoms with van der Waals surface area (Å²) in [6, 6.07) is 9.77. The molecule has 24 heavy (non-hydrogen) atoms. The number of para-hydroxylation sites is 2. The highest BCUT2D eigenvalue weighted by atomic mass is 16.5. The minimum Gasteiger partial charge on any atom is -0.472 e. The molecular weight excluding hydrogens is 306 g/mol. The zero-order valence-corrected chi connectivity index (χ0v) is 12.8. The van der Waals surface area contributed by atoms with E-state index in [2.05, 4.69) is 9.97 Å². The van der Waals surface area contributed by atoms with Gasteiger partial charge in [0.05, 0.1) is 29.5 Å². The van der Waals surface area contributed by atoms with Crippen molar-refractivity contribution in [2.75, 3.05) is 13.2 Å². The van der Waals surface area contributed by atoms with Crippen LogP contribution in [0.25, 0.3) is 28.4 Å². The molecule has 0 radical (unpaired) electrons. The van der Waals surface area contributed by atoms with Gasteiger partial charge in [-0.2, -0.15) is 4.68 Å². The molecule has 1 aromatic carbocycles. The van der Waals surface area contributed by atoms with E-state index in [1.807, 2.05) is 30.3 Å². The second kappa shape index (κ2) is 5.31. The fraction of sp³-hybridized carbons (Fsp3) is 0.235. The van der Waals surface area contributed by atoms with Crippen molar-refractivity contribution in [3.8, 4) is 17.3 Å². The molecule has 0 amide bonds. The lowest BCUT2D eigenvalue weighted by atomic mass is 10.1. The molecule has 0 bridgehead atoms. The van der Waals surface area contributed by atoms with Crippen LogP contribution in [0.5, 0.6) is 0 Å². The van der Waals surface area contributed by atoms with Crippen LogP contribution in [0.1, 0.15) is 18.2 Å². The fourth-order valence-electron chi connectivity index (χ4n) is 3.00. The summed E-state index contributed by atoms with van der Waals surface area (Å²) in [7, 11) is 0. The SMILES string of the molecule is c1ccc2[nH]c(-n3nc([C@@H]4CCOC4)nc3-c3ccoc3)nc2c1. The summed E-state index contributed by atoms with van der Waals surface area (Å²) in [5.74, 6) is 2.36. The lowest BCUT2D eigenvalue weighted by Crippen LogP contribution is -2.04. The van der Waals surface area contributed by atoms with Gasteiger partial charge in [-0.15, -0.1) is 5.10 Å². The second-order valence-corrected chi connectivity index (χ2v) is 5.86. The Balaban J connectivity index is 1.67. The Morgan fingerprint density at radius 1 is 1.17 bits per heavy atom. The molecule has 1 saturated heterocycles. The van der Waals surface area contributed by atoms with Crippen LogP contribution < -0.4 is 0 Å². The third-order valence-electron chi connectivity index (χ3n) is 4.28. The normalized spacial score (nSPS) is 17.8. The Bertz CT molecular complexity index is 947. The van der Waals surface area contributed by atoms with Crippen molar-refractivity contribution >= 4 is 11.0 Å². The zero-order valence-electron chi connectivity index (χ0n) is 12.8. The molecule has 0 spiro atoms. The molecule has 0 aliphatic carbocycles. The largest absolute Gasteiger partial charge is 0.472 e. The van der Waals surface area contributed by atoms with Crippen molar-refractivity contribution in [3.63, 3.8) is 0 Å². The molecule has 3 aromatic heterocycles. The van der Waals surface area contributed by atoms with Crippen LogP contribution in [-0.4, -0.2) is 37.9 Å². The smallest absolute Gasteiger partial charge is 0.231 e. The Kier molecular flexibility index (Phi) is 2.99. The van der Waals surface area contributed by atoms with Crippen LogP contribution in [0.3, 0.4) is 0 Å². The van der Waals surface area contributed by atoms with E-state index in [9.17, 15) is 0 Å².